The fourth-order valence-corrected chi connectivity index (χ4v) is 4.09. The van der Waals surface area contributed by atoms with Gasteiger partial charge in [-0.1, -0.05) is 25.1 Å². The van der Waals surface area contributed by atoms with Crippen LogP contribution in [-0.4, -0.2) is 43.7 Å². The van der Waals surface area contributed by atoms with Crippen LogP contribution in [0.15, 0.2) is 58.7 Å². The number of ether oxygens (including phenoxy) is 2. The van der Waals surface area contributed by atoms with E-state index in [-0.39, 0.29) is 12.2 Å². The standard InChI is InChI=1S/C23H25N3O4/c1-5-23(28)21(27)20(19-10-14-8-6-7-9-18(14)25-19)22(24-2)26(23)15-11-16(29-3)13-17(12-15)30-4/h6-9,11-13,25,28H,5,10H2,1-4H3. The number of ketones is 1. The zero-order valence-corrected chi connectivity index (χ0v) is 17.5. The third-order valence-electron chi connectivity index (χ3n) is 5.67. The molecule has 0 aliphatic carbocycles. The molecule has 1 unspecified atom stereocenters. The van der Waals surface area contributed by atoms with E-state index in [1.54, 1.807) is 51.3 Å². The van der Waals surface area contributed by atoms with Crippen molar-refractivity contribution in [3.05, 3.63) is 59.3 Å². The van der Waals surface area contributed by atoms with Gasteiger partial charge in [0.05, 0.1) is 25.5 Å². The second-order valence-electron chi connectivity index (χ2n) is 7.27. The Morgan fingerprint density at radius 2 is 1.83 bits per heavy atom. The Hall–Kier alpha value is -3.32. The van der Waals surface area contributed by atoms with Gasteiger partial charge in [-0.25, -0.2) is 0 Å². The molecule has 7 nitrogen and oxygen atoms in total. The first-order valence-electron chi connectivity index (χ1n) is 9.82. The molecule has 30 heavy (non-hydrogen) atoms. The normalized spacial score (nSPS) is 24.2. The molecule has 0 aromatic heterocycles. The van der Waals surface area contributed by atoms with Crippen LogP contribution in [0, 0.1) is 0 Å². The van der Waals surface area contributed by atoms with Crippen LogP contribution >= 0.6 is 0 Å². The highest BCUT2D eigenvalue weighted by molar-refractivity contribution is 6.37. The lowest BCUT2D eigenvalue weighted by atomic mass is 10.0. The van der Waals surface area contributed by atoms with E-state index < -0.39 is 5.72 Å². The lowest BCUT2D eigenvalue weighted by molar-refractivity contribution is -0.130. The molecule has 0 saturated carbocycles. The van der Waals surface area contributed by atoms with Gasteiger partial charge in [-0.05, 0) is 11.6 Å². The van der Waals surface area contributed by atoms with Gasteiger partial charge >= 0.3 is 0 Å². The SMILES string of the molecule is CCC1(O)C(=O)C(=C2Cc3ccccc3N2)C(=NC)N1c1cc(OC)cc(OC)c1. The van der Waals surface area contributed by atoms with Crippen LogP contribution in [0.2, 0.25) is 0 Å². The van der Waals surface area contributed by atoms with E-state index in [0.29, 0.717) is 35.0 Å². The second-order valence-corrected chi connectivity index (χ2v) is 7.27. The van der Waals surface area contributed by atoms with Gasteiger partial charge in [0.15, 0.2) is 0 Å². The van der Waals surface area contributed by atoms with Crippen molar-refractivity contribution >= 4 is 23.0 Å². The number of nitrogens with zero attached hydrogens (tertiary/aromatic N) is 2. The van der Waals surface area contributed by atoms with Gasteiger partial charge in [-0.3, -0.25) is 14.7 Å². The topological polar surface area (TPSA) is 83.4 Å². The smallest absolute Gasteiger partial charge is 0.221 e. The summed E-state index contributed by atoms with van der Waals surface area (Å²) in [5.41, 5.74) is 2.02. The van der Waals surface area contributed by atoms with Gasteiger partial charge in [-0.15, -0.1) is 0 Å². The van der Waals surface area contributed by atoms with Crippen LogP contribution in [-0.2, 0) is 11.2 Å². The number of amidine groups is 1. The van der Waals surface area contributed by atoms with Crippen LogP contribution in [0.5, 0.6) is 11.5 Å². The number of fused-ring (bicyclic) bond motifs is 1. The molecule has 2 aromatic rings. The summed E-state index contributed by atoms with van der Waals surface area (Å²) in [5, 5.41) is 14.9. The third-order valence-corrected chi connectivity index (χ3v) is 5.67. The predicted octanol–water partition coefficient (Wildman–Crippen LogP) is 3.14. The van der Waals surface area contributed by atoms with Gasteiger partial charge in [0.1, 0.15) is 17.3 Å². The number of carbonyl (C=O) groups excluding carboxylic acids is 1. The number of anilines is 2. The molecule has 2 aliphatic rings. The number of carbonyl (C=O) groups is 1. The maximum atomic E-state index is 13.5. The fraction of sp³-hybridized carbons (Fsp3) is 0.304. The molecule has 1 atom stereocenters. The van der Waals surface area contributed by atoms with Crippen molar-refractivity contribution in [2.45, 2.75) is 25.5 Å². The monoisotopic (exact) mass is 407 g/mol. The number of nitrogens with one attached hydrogen (secondary N) is 1. The average Bonchev–Trinajstić information content (AvgIpc) is 3.30. The molecule has 1 saturated heterocycles. The lowest BCUT2D eigenvalue weighted by Crippen LogP contribution is -2.49. The van der Waals surface area contributed by atoms with Crippen molar-refractivity contribution in [1.82, 2.24) is 0 Å². The Balaban J connectivity index is 1.89. The molecule has 7 heteroatoms. The number of allylic oxidation sites excluding steroid dienone is 1. The molecule has 0 amide bonds. The maximum absolute atomic E-state index is 13.5. The minimum absolute atomic E-state index is 0.189. The second kappa shape index (κ2) is 7.50. The summed E-state index contributed by atoms with van der Waals surface area (Å²) in [4.78, 5) is 19.5. The van der Waals surface area contributed by atoms with Crippen LogP contribution in [0.1, 0.15) is 18.9 Å². The molecular formula is C23H25N3O4. The summed E-state index contributed by atoms with van der Waals surface area (Å²) in [7, 11) is 4.74. The summed E-state index contributed by atoms with van der Waals surface area (Å²) in [5.74, 6) is 1.15. The van der Waals surface area contributed by atoms with E-state index in [4.69, 9.17) is 9.47 Å². The summed E-state index contributed by atoms with van der Waals surface area (Å²) in [6.07, 6.45) is 0.763. The number of para-hydroxylation sites is 1. The Morgan fingerprint density at radius 1 is 1.17 bits per heavy atom. The highest BCUT2D eigenvalue weighted by Crippen LogP contribution is 2.42. The minimum atomic E-state index is -1.76. The molecule has 156 valence electrons. The number of methoxy groups -OCH3 is 2. The van der Waals surface area contributed by atoms with Crippen LogP contribution in [0.4, 0.5) is 11.4 Å². The Kier molecular flexibility index (Phi) is 4.99. The van der Waals surface area contributed by atoms with Crippen molar-refractivity contribution < 1.29 is 19.4 Å². The van der Waals surface area contributed by atoms with Crippen molar-refractivity contribution in [3.63, 3.8) is 0 Å². The van der Waals surface area contributed by atoms with E-state index in [1.807, 2.05) is 24.3 Å². The molecule has 4 rings (SSSR count). The van der Waals surface area contributed by atoms with E-state index in [2.05, 4.69) is 10.3 Å². The highest BCUT2D eigenvalue weighted by Gasteiger charge is 2.54. The first-order valence-corrected chi connectivity index (χ1v) is 9.82. The lowest BCUT2D eigenvalue weighted by Gasteiger charge is -2.32. The molecular weight excluding hydrogens is 382 g/mol. The third kappa shape index (κ3) is 2.93. The van der Waals surface area contributed by atoms with Crippen molar-refractivity contribution in [3.8, 4) is 11.5 Å². The van der Waals surface area contributed by atoms with E-state index in [0.717, 1.165) is 16.9 Å². The summed E-state index contributed by atoms with van der Waals surface area (Å²) in [6, 6.07) is 13.2. The molecule has 2 aromatic carbocycles. The number of hydrogen-bond donors (Lipinski definition) is 2. The van der Waals surface area contributed by atoms with Gasteiger partial charge < -0.3 is 19.9 Å². The summed E-state index contributed by atoms with van der Waals surface area (Å²) in [6.45, 7) is 1.78. The van der Waals surface area contributed by atoms with Gasteiger partial charge in [0, 0.05) is 49.5 Å². The molecule has 0 radical (unpaired) electrons. The first kappa shape index (κ1) is 20.0. The Bertz CT molecular complexity index is 1030. The van der Waals surface area contributed by atoms with Crippen molar-refractivity contribution in [2.75, 3.05) is 31.5 Å². The average molecular weight is 407 g/mol. The molecule has 0 spiro atoms. The molecule has 2 aliphatic heterocycles. The van der Waals surface area contributed by atoms with Crippen molar-refractivity contribution in [1.29, 1.82) is 0 Å². The highest BCUT2D eigenvalue weighted by atomic mass is 16.5. The van der Waals surface area contributed by atoms with Gasteiger partial charge in [0.2, 0.25) is 11.5 Å². The zero-order valence-electron chi connectivity index (χ0n) is 17.5. The van der Waals surface area contributed by atoms with Crippen LogP contribution < -0.4 is 19.7 Å². The summed E-state index contributed by atoms with van der Waals surface area (Å²) < 4.78 is 10.8. The number of aliphatic imine (C=N–C) groups is 1. The minimum Gasteiger partial charge on any atom is -0.497 e. The first-order chi connectivity index (χ1) is 14.5. The summed E-state index contributed by atoms with van der Waals surface area (Å²) >= 11 is 0. The van der Waals surface area contributed by atoms with E-state index in [1.165, 1.54) is 0 Å². The number of aliphatic hydroxyl groups is 1. The molecule has 1 fully saturated rings. The quantitative estimate of drug-likeness (QED) is 0.758. The predicted molar refractivity (Wildman–Crippen MR) is 116 cm³/mol. The zero-order chi connectivity index (χ0) is 21.5. The number of hydrogen-bond acceptors (Lipinski definition) is 6. The Morgan fingerprint density at radius 3 is 2.40 bits per heavy atom. The molecule has 2 heterocycles. The van der Waals surface area contributed by atoms with Crippen LogP contribution in [0.3, 0.4) is 0 Å². The fourth-order valence-electron chi connectivity index (χ4n) is 4.09. The van der Waals surface area contributed by atoms with Gasteiger partial charge in [0.25, 0.3) is 0 Å². The van der Waals surface area contributed by atoms with Gasteiger partial charge in [-0.2, -0.15) is 0 Å². The number of Topliss-reactive ketones (excluding diaryl/α,β-unsaturated/α-hetero) is 1. The van der Waals surface area contributed by atoms with E-state index >= 15 is 0 Å². The number of rotatable bonds is 4. The Labute approximate surface area is 175 Å². The molecule has 0 bridgehead atoms. The number of benzene rings is 2. The maximum Gasteiger partial charge on any atom is 0.221 e. The van der Waals surface area contributed by atoms with Crippen LogP contribution in [0.25, 0.3) is 0 Å². The largest absolute Gasteiger partial charge is 0.497 e. The van der Waals surface area contributed by atoms with E-state index in [9.17, 15) is 9.90 Å². The van der Waals surface area contributed by atoms with Crippen molar-refractivity contribution in [2.24, 2.45) is 4.99 Å². The molecule has 2 N–H and O–H groups in total.